The van der Waals surface area contributed by atoms with E-state index in [9.17, 15) is 28.0 Å². The predicted octanol–water partition coefficient (Wildman–Crippen LogP) is 0.0407. The summed E-state index contributed by atoms with van der Waals surface area (Å²) in [5.41, 5.74) is 1.07. The zero-order valence-corrected chi connectivity index (χ0v) is 19.2. The van der Waals surface area contributed by atoms with Crippen molar-refractivity contribution < 1.29 is 28.0 Å². The molecule has 3 saturated heterocycles. The first-order chi connectivity index (χ1) is 16.7. The summed E-state index contributed by atoms with van der Waals surface area (Å²) < 4.78 is 28.8. The number of nitrogens with two attached hydrogens (primary N) is 1. The number of hydrogen-bond acceptors (Lipinski definition) is 8. The fraction of sp³-hybridized carbons (Fsp3) is 0.565. The zero-order valence-electron chi connectivity index (χ0n) is 19.2. The number of imide groups is 2. The molecule has 4 aliphatic rings. The van der Waals surface area contributed by atoms with Crippen LogP contribution in [-0.4, -0.2) is 96.2 Å². The summed E-state index contributed by atoms with van der Waals surface area (Å²) in [7, 11) is 0. The fourth-order valence-electron chi connectivity index (χ4n) is 5.48. The van der Waals surface area contributed by atoms with E-state index in [1.54, 1.807) is 18.2 Å². The van der Waals surface area contributed by atoms with Crippen LogP contribution in [0.4, 0.5) is 14.5 Å². The van der Waals surface area contributed by atoms with Crippen molar-refractivity contribution in [3.05, 3.63) is 29.3 Å². The molecular formula is C23H28F2N6O4. The van der Waals surface area contributed by atoms with Gasteiger partial charge in [-0.05, 0) is 25.0 Å². The number of nitrogens with one attached hydrogen (secondary N) is 1. The average Bonchev–Trinajstić information content (AvgIpc) is 3.06. The number of carbonyl (C=O) groups excluding carboxylic acids is 4. The van der Waals surface area contributed by atoms with E-state index in [0.29, 0.717) is 44.8 Å². The van der Waals surface area contributed by atoms with Gasteiger partial charge < -0.3 is 4.90 Å². The molecule has 4 amide bonds. The molecule has 10 nitrogen and oxygen atoms in total. The van der Waals surface area contributed by atoms with Gasteiger partial charge in [-0.3, -0.25) is 40.1 Å². The number of anilines is 1. The molecular weight excluding hydrogens is 462 g/mol. The highest BCUT2D eigenvalue weighted by Gasteiger charge is 2.47. The molecule has 0 aliphatic carbocycles. The number of nitrogens with zero attached hydrogens (tertiary/aromatic N) is 4. The van der Waals surface area contributed by atoms with Crippen molar-refractivity contribution in [2.45, 2.75) is 31.2 Å². The van der Waals surface area contributed by atoms with Gasteiger partial charge in [-0.15, -0.1) is 0 Å². The normalized spacial score (nSPS) is 27.9. The van der Waals surface area contributed by atoms with E-state index < -0.39 is 48.1 Å². The molecule has 0 bridgehead atoms. The van der Waals surface area contributed by atoms with Crippen LogP contribution in [0.25, 0.3) is 0 Å². The van der Waals surface area contributed by atoms with E-state index in [-0.39, 0.29) is 30.5 Å². The molecule has 0 spiro atoms. The SMILES string of the molecule is NN1CCC(CN2CCN(c3cccc4c3C(=O)N(C3CCC(=O)NC3=O)C4=O)CC2)C(F)(F)C1. The smallest absolute Gasteiger partial charge is 0.265 e. The van der Waals surface area contributed by atoms with Gasteiger partial charge in [-0.25, -0.2) is 13.8 Å². The highest BCUT2D eigenvalue weighted by atomic mass is 19.3. The topological polar surface area (TPSA) is 119 Å². The molecule has 0 radical (unpaired) electrons. The molecule has 2 unspecified atom stereocenters. The summed E-state index contributed by atoms with van der Waals surface area (Å²) in [6, 6.07) is 4.00. The monoisotopic (exact) mass is 490 g/mol. The van der Waals surface area contributed by atoms with Crippen LogP contribution in [0.5, 0.6) is 0 Å². The first-order valence-corrected chi connectivity index (χ1v) is 11.8. The van der Waals surface area contributed by atoms with Crippen molar-refractivity contribution in [1.82, 2.24) is 20.1 Å². The second kappa shape index (κ2) is 8.92. The van der Waals surface area contributed by atoms with Gasteiger partial charge in [0, 0.05) is 51.6 Å². The van der Waals surface area contributed by atoms with E-state index in [1.165, 1.54) is 5.01 Å². The number of benzene rings is 1. The van der Waals surface area contributed by atoms with Crippen LogP contribution in [0.3, 0.4) is 0 Å². The number of halogens is 2. The molecule has 12 heteroatoms. The summed E-state index contributed by atoms with van der Waals surface area (Å²) in [5.74, 6) is -0.195. The van der Waals surface area contributed by atoms with Gasteiger partial charge in [0.05, 0.1) is 23.4 Å². The van der Waals surface area contributed by atoms with Crippen molar-refractivity contribution in [2.75, 3.05) is 50.7 Å². The molecule has 4 aliphatic heterocycles. The standard InChI is InChI=1S/C23H28F2N6O4/c24-23(25)13-30(26)7-6-14(23)12-28-8-10-29(11-9-28)16-3-1-2-15-19(16)22(35)31(21(15)34)17-4-5-18(32)27-20(17)33/h1-3,14,17H,4-13,26H2,(H,27,32,33). The van der Waals surface area contributed by atoms with E-state index in [0.717, 1.165) is 4.90 Å². The van der Waals surface area contributed by atoms with Crippen LogP contribution in [0.15, 0.2) is 18.2 Å². The Bertz CT molecular complexity index is 1070. The van der Waals surface area contributed by atoms with Crippen LogP contribution >= 0.6 is 0 Å². The molecule has 1 aromatic rings. The third-order valence-electron chi connectivity index (χ3n) is 7.41. The van der Waals surface area contributed by atoms with Gasteiger partial charge in [0.15, 0.2) is 0 Å². The molecule has 3 fully saturated rings. The Hall–Kier alpha value is -2.96. The van der Waals surface area contributed by atoms with E-state index in [2.05, 4.69) is 5.32 Å². The first-order valence-electron chi connectivity index (χ1n) is 11.8. The van der Waals surface area contributed by atoms with Crippen LogP contribution in [-0.2, 0) is 9.59 Å². The lowest BCUT2D eigenvalue weighted by molar-refractivity contribution is -0.136. The van der Waals surface area contributed by atoms with Crippen molar-refractivity contribution in [2.24, 2.45) is 11.8 Å². The van der Waals surface area contributed by atoms with Crippen molar-refractivity contribution in [3.63, 3.8) is 0 Å². The molecule has 3 N–H and O–H groups in total. The number of piperidine rings is 2. The summed E-state index contributed by atoms with van der Waals surface area (Å²) in [5, 5.41) is 3.36. The molecule has 2 atom stereocenters. The molecule has 5 rings (SSSR count). The van der Waals surface area contributed by atoms with Gasteiger partial charge >= 0.3 is 0 Å². The number of hydrazine groups is 1. The highest BCUT2D eigenvalue weighted by molar-refractivity contribution is 6.25. The van der Waals surface area contributed by atoms with Gasteiger partial charge in [0.25, 0.3) is 17.7 Å². The molecule has 1 aromatic carbocycles. The Kier molecular flexibility index (Phi) is 6.06. The summed E-state index contributed by atoms with van der Waals surface area (Å²) in [6.45, 7) is 2.39. The van der Waals surface area contributed by atoms with Crippen LogP contribution in [0.1, 0.15) is 40.0 Å². The Morgan fingerprint density at radius 1 is 1.00 bits per heavy atom. The maximum Gasteiger partial charge on any atom is 0.265 e. The van der Waals surface area contributed by atoms with E-state index in [1.807, 2.05) is 9.80 Å². The van der Waals surface area contributed by atoms with Crippen LogP contribution in [0, 0.1) is 5.92 Å². The zero-order chi connectivity index (χ0) is 24.9. The minimum atomic E-state index is -2.84. The second-order valence-electron chi connectivity index (χ2n) is 9.65. The maximum atomic E-state index is 14.4. The highest BCUT2D eigenvalue weighted by Crippen LogP contribution is 2.36. The number of amides is 4. The summed E-state index contributed by atoms with van der Waals surface area (Å²) in [6.07, 6.45) is 0.489. The molecule has 4 heterocycles. The lowest BCUT2D eigenvalue weighted by Crippen LogP contribution is -2.56. The molecule has 0 aromatic heterocycles. The number of carbonyl (C=O) groups is 4. The Balaban J connectivity index is 1.28. The molecule has 0 saturated carbocycles. The Morgan fingerprint density at radius 2 is 1.74 bits per heavy atom. The number of rotatable bonds is 4. The minimum absolute atomic E-state index is 0.0575. The third-order valence-corrected chi connectivity index (χ3v) is 7.41. The molecule has 35 heavy (non-hydrogen) atoms. The third kappa shape index (κ3) is 4.30. The van der Waals surface area contributed by atoms with E-state index >= 15 is 0 Å². The molecule has 188 valence electrons. The summed E-state index contributed by atoms with van der Waals surface area (Å²) in [4.78, 5) is 55.2. The van der Waals surface area contributed by atoms with Crippen molar-refractivity contribution >= 4 is 29.3 Å². The lowest BCUT2D eigenvalue weighted by atomic mass is 9.92. The van der Waals surface area contributed by atoms with Crippen molar-refractivity contribution in [3.8, 4) is 0 Å². The van der Waals surface area contributed by atoms with Gasteiger partial charge in [0.1, 0.15) is 6.04 Å². The van der Waals surface area contributed by atoms with Gasteiger partial charge in [-0.1, -0.05) is 6.07 Å². The second-order valence-corrected chi connectivity index (χ2v) is 9.65. The Labute approximate surface area is 200 Å². The van der Waals surface area contributed by atoms with Crippen LogP contribution in [0.2, 0.25) is 0 Å². The van der Waals surface area contributed by atoms with Gasteiger partial charge in [-0.2, -0.15) is 0 Å². The number of fused-ring (bicyclic) bond motifs is 1. The average molecular weight is 491 g/mol. The van der Waals surface area contributed by atoms with E-state index in [4.69, 9.17) is 5.84 Å². The van der Waals surface area contributed by atoms with Gasteiger partial charge in [0.2, 0.25) is 11.8 Å². The number of alkyl halides is 2. The fourth-order valence-corrected chi connectivity index (χ4v) is 5.48. The minimum Gasteiger partial charge on any atom is -0.368 e. The largest absolute Gasteiger partial charge is 0.368 e. The summed E-state index contributed by atoms with van der Waals surface area (Å²) >= 11 is 0. The van der Waals surface area contributed by atoms with Crippen LogP contribution < -0.4 is 16.1 Å². The Morgan fingerprint density at radius 3 is 2.43 bits per heavy atom. The first kappa shape index (κ1) is 23.8. The predicted molar refractivity (Wildman–Crippen MR) is 121 cm³/mol. The van der Waals surface area contributed by atoms with Crippen molar-refractivity contribution in [1.29, 1.82) is 0 Å². The quantitative estimate of drug-likeness (QED) is 0.449. The number of hydrogen-bond donors (Lipinski definition) is 2. The lowest BCUT2D eigenvalue weighted by Gasteiger charge is -2.42. The maximum absolute atomic E-state index is 14.4. The number of piperazine rings is 1.